The number of methoxy groups -OCH3 is 2. The number of ether oxygens (including phenoxy) is 2. The number of aromatic hydroxyl groups is 1. The lowest BCUT2D eigenvalue weighted by Gasteiger charge is -2.23. The minimum atomic E-state index is -0.563. The van der Waals surface area contributed by atoms with E-state index in [1.165, 1.54) is 23.7 Å². The number of carbonyl (C=O) groups excluding carboxylic acids is 1. The number of aromatic nitrogens is 2. The Labute approximate surface area is 172 Å². The van der Waals surface area contributed by atoms with Gasteiger partial charge in [0.05, 0.1) is 26.0 Å². The molecule has 154 valence electrons. The summed E-state index contributed by atoms with van der Waals surface area (Å²) in [5.41, 5.74) is 0.393. The summed E-state index contributed by atoms with van der Waals surface area (Å²) >= 11 is 5.02. The Balaban J connectivity index is 2.15. The molecule has 0 aliphatic carbocycles. The van der Waals surface area contributed by atoms with Gasteiger partial charge in [0, 0.05) is 25.5 Å². The predicted molar refractivity (Wildman–Crippen MR) is 109 cm³/mol. The van der Waals surface area contributed by atoms with Crippen LogP contribution in [0.4, 0.5) is 0 Å². The third kappa shape index (κ3) is 3.63. The van der Waals surface area contributed by atoms with Crippen LogP contribution in [0.5, 0.6) is 17.4 Å². The van der Waals surface area contributed by atoms with Crippen molar-refractivity contribution >= 4 is 23.8 Å². The lowest BCUT2D eigenvalue weighted by atomic mass is 9.98. The van der Waals surface area contributed by atoms with Gasteiger partial charge in [0.15, 0.2) is 4.77 Å². The van der Waals surface area contributed by atoms with Gasteiger partial charge < -0.3 is 14.6 Å². The molecule has 0 fully saturated rings. The lowest BCUT2D eigenvalue weighted by molar-refractivity contribution is -0.132. The van der Waals surface area contributed by atoms with Crippen LogP contribution in [-0.4, -0.2) is 45.5 Å². The number of hydrogen-bond donors (Lipinski definition) is 2. The molecule has 2 heterocycles. The molecule has 1 aromatic heterocycles. The van der Waals surface area contributed by atoms with E-state index in [9.17, 15) is 14.7 Å². The van der Waals surface area contributed by atoms with Crippen LogP contribution in [-0.2, 0) is 11.8 Å². The van der Waals surface area contributed by atoms with E-state index < -0.39 is 11.6 Å². The highest BCUT2D eigenvalue weighted by atomic mass is 32.1. The van der Waals surface area contributed by atoms with E-state index in [2.05, 4.69) is 10.1 Å². The highest BCUT2D eigenvalue weighted by molar-refractivity contribution is 7.71. The minimum absolute atomic E-state index is 0.0145. The van der Waals surface area contributed by atoms with Crippen molar-refractivity contribution < 1.29 is 19.4 Å². The number of hydrogen-bond acceptors (Lipinski definition) is 7. The molecule has 1 aliphatic heterocycles. The molecular formula is C19H22N4O5S. The van der Waals surface area contributed by atoms with Gasteiger partial charge >= 0.3 is 0 Å². The van der Waals surface area contributed by atoms with Crippen molar-refractivity contribution in [2.75, 3.05) is 14.2 Å². The topological polar surface area (TPSA) is 109 Å². The smallest absolute Gasteiger partial charge is 0.264 e. The Morgan fingerprint density at radius 3 is 2.72 bits per heavy atom. The first-order valence-corrected chi connectivity index (χ1v) is 9.37. The van der Waals surface area contributed by atoms with Crippen molar-refractivity contribution in [2.45, 2.75) is 25.8 Å². The summed E-state index contributed by atoms with van der Waals surface area (Å²) in [5, 5.41) is 16.2. The second-order valence-electron chi connectivity index (χ2n) is 6.48. The Bertz CT molecular complexity index is 1100. The zero-order valence-electron chi connectivity index (χ0n) is 16.6. The standard InChI is InChI=1S/C19H22N4O5S/c1-5-15(24)23-13(11-8-10(27-3)6-7-14(11)28-4)9-12(21-23)16-17(25)20-19(29)22(2)18(16)26/h6-8,13,26H,5,9H2,1-4H3,(H,20,25,29)/t13-/m0/s1. The summed E-state index contributed by atoms with van der Waals surface area (Å²) in [6.07, 6.45) is 0.434. The Morgan fingerprint density at radius 2 is 2.10 bits per heavy atom. The SMILES string of the molecule is CCC(=O)N1N=C(c2c(O)n(C)c(=S)[nH]c2=O)C[C@H]1c1cc(OC)ccc1OC. The van der Waals surface area contributed by atoms with Crippen LogP contribution in [0.2, 0.25) is 0 Å². The summed E-state index contributed by atoms with van der Waals surface area (Å²) in [7, 11) is 4.61. The lowest BCUT2D eigenvalue weighted by Crippen LogP contribution is -2.26. The number of hydrazone groups is 1. The van der Waals surface area contributed by atoms with E-state index in [0.29, 0.717) is 17.1 Å². The van der Waals surface area contributed by atoms with Crippen molar-refractivity contribution in [3.63, 3.8) is 0 Å². The molecule has 0 bridgehead atoms. The van der Waals surface area contributed by atoms with Gasteiger partial charge in [-0.3, -0.25) is 19.1 Å². The second-order valence-corrected chi connectivity index (χ2v) is 6.87. The molecule has 0 radical (unpaired) electrons. The third-order valence-electron chi connectivity index (χ3n) is 4.85. The molecule has 10 heteroatoms. The van der Waals surface area contributed by atoms with Crippen molar-refractivity contribution in [2.24, 2.45) is 12.1 Å². The molecule has 29 heavy (non-hydrogen) atoms. The van der Waals surface area contributed by atoms with E-state index in [4.69, 9.17) is 21.7 Å². The van der Waals surface area contributed by atoms with Crippen molar-refractivity contribution in [1.82, 2.24) is 14.6 Å². The van der Waals surface area contributed by atoms with E-state index in [1.807, 2.05) is 0 Å². The number of carbonyl (C=O) groups is 1. The molecule has 0 unspecified atom stereocenters. The fourth-order valence-corrected chi connectivity index (χ4v) is 3.44. The average molecular weight is 418 g/mol. The first-order chi connectivity index (χ1) is 13.8. The van der Waals surface area contributed by atoms with Gasteiger partial charge in [-0.2, -0.15) is 5.10 Å². The molecule has 2 N–H and O–H groups in total. The fourth-order valence-electron chi connectivity index (χ4n) is 3.26. The van der Waals surface area contributed by atoms with Crippen LogP contribution in [0.1, 0.15) is 36.9 Å². The summed E-state index contributed by atoms with van der Waals surface area (Å²) in [4.78, 5) is 27.6. The van der Waals surface area contributed by atoms with E-state index >= 15 is 0 Å². The van der Waals surface area contributed by atoms with Crippen LogP contribution >= 0.6 is 12.2 Å². The normalized spacial score (nSPS) is 15.9. The average Bonchev–Trinajstić information content (AvgIpc) is 3.15. The molecule has 1 atom stereocenters. The Morgan fingerprint density at radius 1 is 1.38 bits per heavy atom. The van der Waals surface area contributed by atoms with Gasteiger partial charge in [0.2, 0.25) is 11.8 Å². The number of nitrogens with one attached hydrogen (secondary N) is 1. The maximum Gasteiger partial charge on any atom is 0.264 e. The summed E-state index contributed by atoms with van der Waals surface area (Å²) < 4.78 is 12.1. The number of rotatable bonds is 5. The molecule has 1 aliphatic rings. The van der Waals surface area contributed by atoms with Crippen molar-refractivity contribution in [3.8, 4) is 17.4 Å². The van der Waals surface area contributed by atoms with Gasteiger partial charge in [-0.05, 0) is 30.4 Å². The van der Waals surface area contributed by atoms with E-state index in [1.54, 1.807) is 32.2 Å². The molecule has 0 saturated carbocycles. The molecule has 0 saturated heterocycles. The van der Waals surface area contributed by atoms with Gasteiger partial charge in [-0.15, -0.1) is 0 Å². The van der Waals surface area contributed by atoms with Crippen LogP contribution in [0.15, 0.2) is 28.1 Å². The number of H-pyrrole nitrogens is 1. The molecule has 1 aromatic carbocycles. The zero-order chi connectivity index (χ0) is 21.3. The minimum Gasteiger partial charge on any atom is -0.497 e. The maximum atomic E-state index is 12.6. The molecule has 1 amide bonds. The Hall–Kier alpha value is -3.14. The molecule has 2 aromatic rings. The second kappa shape index (κ2) is 8.08. The van der Waals surface area contributed by atoms with Crippen molar-refractivity contribution in [3.05, 3.63) is 44.5 Å². The number of benzene rings is 1. The van der Waals surface area contributed by atoms with Gasteiger partial charge in [0.25, 0.3) is 5.56 Å². The zero-order valence-corrected chi connectivity index (χ0v) is 17.4. The van der Waals surface area contributed by atoms with Crippen molar-refractivity contribution in [1.29, 1.82) is 0 Å². The van der Waals surface area contributed by atoms with Crippen LogP contribution in [0.3, 0.4) is 0 Å². The number of amides is 1. The van der Waals surface area contributed by atoms with Crippen LogP contribution in [0.25, 0.3) is 0 Å². The number of aromatic amines is 1. The third-order valence-corrected chi connectivity index (χ3v) is 5.22. The predicted octanol–water partition coefficient (Wildman–Crippen LogP) is 2.25. The highest BCUT2D eigenvalue weighted by Gasteiger charge is 2.36. The highest BCUT2D eigenvalue weighted by Crippen LogP contribution is 2.39. The van der Waals surface area contributed by atoms with Gasteiger partial charge in [-0.25, -0.2) is 5.01 Å². The summed E-state index contributed by atoms with van der Waals surface area (Å²) in [6, 6.07) is 4.75. The van der Waals surface area contributed by atoms with Gasteiger partial charge in [-0.1, -0.05) is 6.92 Å². The monoisotopic (exact) mass is 418 g/mol. The van der Waals surface area contributed by atoms with Gasteiger partial charge in [0.1, 0.15) is 17.1 Å². The molecular weight excluding hydrogens is 396 g/mol. The summed E-state index contributed by atoms with van der Waals surface area (Å²) in [5.74, 6) is 0.626. The molecule has 3 rings (SSSR count). The largest absolute Gasteiger partial charge is 0.497 e. The first-order valence-electron chi connectivity index (χ1n) is 8.96. The molecule has 9 nitrogen and oxygen atoms in total. The van der Waals surface area contributed by atoms with E-state index in [0.717, 1.165) is 0 Å². The van der Waals surface area contributed by atoms with Crippen LogP contribution < -0.4 is 15.0 Å². The Kier molecular flexibility index (Phi) is 5.73. The maximum absolute atomic E-state index is 12.6. The van der Waals surface area contributed by atoms with Crippen LogP contribution in [0, 0.1) is 4.77 Å². The van der Waals surface area contributed by atoms with E-state index in [-0.39, 0.29) is 40.7 Å². The molecule has 0 spiro atoms. The summed E-state index contributed by atoms with van der Waals surface area (Å²) in [6.45, 7) is 1.73. The number of nitrogens with zero attached hydrogens (tertiary/aromatic N) is 3. The fraction of sp³-hybridized carbons (Fsp3) is 0.368. The quantitative estimate of drug-likeness (QED) is 0.721. The first kappa shape index (κ1) is 20.6.